The van der Waals surface area contributed by atoms with E-state index in [1.54, 1.807) is 0 Å². The van der Waals surface area contributed by atoms with Crippen LogP contribution < -0.4 is 14.8 Å². The van der Waals surface area contributed by atoms with Gasteiger partial charge in [0.2, 0.25) is 0 Å². The lowest BCUT2D eigenvalue weighted by molar-refractivity contribution is 0.0846. The minimum atomic E-state index is -0.0504. The molecule has 1 saturated heterocycles. The molecule has 2 atom stereocenters. The second-order valence-electron chi connectivity index (χ2n) is 8.22. The topological polar surface area (TPSA) is 81.0 Å². The largest absolute Gasteiger partial charge is 0.486 e. The van der Waals surface area contributed by atoms with Gasteiger partial charge in [-0.2, -0.15) is 0 Å². The lowest BCUT2D eigenvalue weighted by Crippen LogP contribution is -2.46. The summed E-state index contributed by atoms with van der Waals surface area (Å²) in [5, 5.41) is 11.6. The third-order valence-electron chi connectivity index (χ3n) is 5.97. The monoisotopic (exact) mass is 421 g/mol. The molecule has 2 aliphatic heterocycles. The predicted molar refractivity (Wildman–Crippen MR) is 115 cm³/mol. The van der Waals surface area contributed by atoms with Gasteiger partial charge in [0.1, 0.15) is 18.5 Å². The summed E-state index contributed by atoms with van der Waals surface area (Å²) in [6.07, 6.45) is 5.58. The Labute approximate surface area is 181 Å². The van der Waals surface area contributed by atoms with Crippen molar-refractivity contribution in [3.63, 3.8) is 0 Å². The second-order valence-corrected chi connectivity index (χ2v) is 8.22. The first-order valence-corrected chi connectivity index (χ1v) is 11.0. The van der Waals surface area contributed by atoms with E-state index in [1.807, 2.05) is 58.0 Å². The van der Waals surface area contributed by atoms with Gasteiger partial charge in [0, 0.05) is 38.7 Å². The third kappa shape index (κ3) is 4.42. The number of piperidine rings is 1. The normalized spacial score (nSPS) is 20.6. The fourth-order valence-corrected chi connectivity index (χ4v) is 4.36. The van der Waals surface area contributed by atoms with Crippen molar-refractivity contribution in [3.8, 4) is 11.5 Å². The van der Waals surface area contributed by atoms with Crippen LogP contribution in [-0.4, -0.2) is 57.9 Å². The van der Waals surface area contributed by atoms with E-state index in [4.69, 9.17) is 9.47 Å². The van der Waals surface area contributed by atoms with Crippen LogP contribution in [0.4, 0.5) is 4.79 Å². The summed E-state index contributed by atoms with van der Waals surface area (Å²) in [5.74, 6) is 2.89. The highest BCUT2D eigenvalue weighted by molar-refractivity contribution is 5.74. The molecule has 8 nitrogen and oxygen atoms in total. The fourth-order valence-electron chi connectivity index (χ4n) is 4.36. The van der Waals surface area contributed by atoms with Crippen LogP contribution in [0.5, 0.6) is 11.5 Å². The average Bonchev–Trinajstić information content (AvgIpc) is 3.22. The zero-order valence-corrected chi connectivity index (χ0v) is 17.4. The van der Waals surface area contributed by atoms with Gasteiger partial charge in [-0.05, 0) is 43.0 Å². The second kappa shape index (κ2) is 8.83. The fraction of sp³-hybridized carbons (Fsp3) is 0.435. The van der Waals surface area contributed by atoms with Crippen LogP contribution in [0, 0.1) is 5.92 Å². The number of aromatic nitrogens is 3. The number of urea groups is 1. The third-order valence-corrected chi connectivity index (χ3v) is 5.97. The van der Waals surface area contributed by atoms with Crippen LogP contribution in [0.1, 0.15) is 25.1 Å². The van der Waals surface area contributed by atoms with Crippen molar-refractivity contribution in [2.75, 3.05) is 26.2 Å². The molecule has 2 aliphatic rings. The van der Waals surface area contributed by atoms with E-state index < -0.39 is 0 Å². The van der Waals surface area contributed by atoms with Crippen LogP contribution in [0.15, 0.2) is 48.7 Å². The van der Waals surface area contributed by atoms with E-state index in [-0.39, 0.29) is 12.1 Å². The summed E-state index contributed by atoms with van der Waals surface area (Å²) < 4.78 is 13.7. The Morgan fingerprint density at radius 3 is 2.94 bits per heavy atom. The van der Waals surface area contributed by atoms with Crippen LogP contribution in [0.3, 0.4) is 0 Å². The quantitative estimate of drug-likeness (QED) is 0.685. The molecule has 0 spiro atoms. The van der Waals surface area contributed by atoms with Gasteiger partial charge in [-0.25, -0.2) is 4.79 Å². The van der Waals surface area contributed by atoms with E-state index in [2.05, 4.69) is 15.5 Å². The maximum absolute atomic E-state index is 12.7. The number of rotatable bonds is 5. The molecule has 0 aliphatic carbocycles. The molecular formula is C23H27N5O3. The van der Waals surface area contributed by atoms with Crippen molar-refractivity contribution >= 4 is 11.7 Å². The van der Waals surface area contributed by atoms with Crippen molar-refractivity contribution in [1.82, 2.24) is 24.8 Å². The Balaban J connectivity index is 1.10. The Morgan fingerprint density at radius 2 is 2.00 bits per heavy atom. The molecular weight excluding hydrogens is 394 g/mol. The first kappa shape index (κ1) is 19.7. The van der Waals surface area contributed by atoms with E-state index in [9.17, 15) is 4.79 Å². The smallest absolute Gasteiger partial charge is 0.317 e. The molecule has 1 fully saturated rings. The number of para-hydroxylation sites is 2. The van der Waals surface area contributed by atoms with E-state index >= 15 is 0 Å². The molecule has 1 aromatic carbocycles. The minimum Gasteiger partial charge on any atom is -0.486 e. The summed E-state index contributed by atoms with van der Waals surface area (Å²) >= 11 is 0. The van der Waals surface area contributed by atoms with Crippen LogP contribution in [0.2, 0.25) is 0 Å². The molecule has 2 unspecified atom stereocenters. The molecule has 4 heterocycles. The average molecular weight is 422 g/mol. The number of pyridine rings is 1. The van der Waals surface area contributed by atoms with Gasteiger partial charge in [-0.3, -0.25) is 4.40 Å². The molecule has 2 aromatic heterocycles. The Kier molecular flexibility index (Phi) is 5.60. The molecule has 0 radical (unpaired) electrons. The van der Waals surface area contributed by atoms with Gasteiger partial charge in [0.25, 0.3) is 0 Å². The first-order chi connectivity index (χ1) is 15.3. The summed E-state index contributed by atoms with van der Waals surface area (Å²) in [7, 11) is 0. The summed E-state index contributed by atoms with van der Waals surface area (Å²) in [5.41, 5.74) is 0.861. The number of likely N-dealkylation sites (tertiary alicyclic amines) is 1. The number of amides is 2. The summed E-state index contributed by atoms with van der Waals surface area (Å²) in [4.78, 5) is 14.6. The molecule has 0 saturated carbocycles. The van der Waals surface area contributed by atoms with E-state index in [1.165, 1.54) is 0 Å². The number of carbonyl (C=O) groups is 1. The van der Waals surface area contributed by atoms with E-state index in [0.29, 0.717) is 25.5 Å². The molecule has 2 amide bonds. The highest BCUT2D eigenvalue weighted by atomic mass is 16.6. The summed E-state index contributed by atoms with van der Waals surface area (Å²) in [6, 6.07) is 13.6. The molecule has 8 heteroatoms. The Morgan fingerprint density at radius 1 is 1.13 bits per heavy atom. The Hall–Kier alpha value is -3.29. The maximum atomic E-state index is 12.7. The number of fused-ring (bicyclic) bond motifs is 2. The van der Waals surface area contributed by atoms with Crippen LogP contribution >= 0.6 is 0 Å². The standard InChI is InChI=1S/C23H27N5O3/c29-23(24-11-10-18-16-30-19-7-1-2-8-20(19)31-18)27-12-5-6-17(15-27)14-22-26-25-21-9-3-4-13-28(21)22/h1-4,7-9,13,17-18H,5-6,10-12,14-16H2,(H,24,29). The van der Waals surface area contributed by atoms with Gasteiger partial charge in [-0.15, -0.1) is 10.2 Å². The number of hydrogen-bond donors (Lipinski definition) is 1. The van der Waals surface area contributed by atoms with Gasteiger partial charge >= 0.3 is 6.03 Å². The zero-order valence-electron chi connectivity index (χ0n) is 17.4. The van der Waals surface area contributed by atoms with Crippen molar-refractivity contribution in [1.29, 1.82) is 0 Å². The van der Waals surface area contributed by atoms with Gasteiger partial charge in [0.05, 0.1) is 0 Å². The molecule has 0 bridgehead atoms. The van der Waals surface area contributed by atoms with Gasteiger partial charge in [-0.1, -0.05) is 18.2 Å². The molecule has 1 N–H and O–H groups in total. The lowest BCUT2D eigenvalue weighted by Gasteiger charge is -2.33. The number of ether oxygens (including phenoxy) is 2. The Bertz CT molecular complexity index is 1050. The van der Waals surface area contributed by atoms with Crippen molar-refractivity contribution in [3.05, 3.63) is 54.5 Å². The van der Waals surface area contributed by atoms with E-state index in [0.717, 1.165) is 55.3 Å². The minimum absolute atomic E-state index is 0.00655. The first-order valence-electron chi connectivity index (χ1n) is 11.0. The van der Waals surface area contributed by atoms with Crippen molar-refractivity contribution < 1.29 is 14.3 Å². The maximum Gasteiger partial charge on any atom is 0.317 e. The molecule has 3 aromatic rings. The molecule has 31 heavy (non-hydrogen) atoms. The van der Waals surface area contributed by atoms with Crippen molar-refractivity contribution in [2.24, 2.45) is 5.92 Å². The number of nitrogens with zero attached hydrogens (tertiary/aromatic N) is 4. The lowest BCUT2D eigenvalue weighted by atomic mass is 9.94. The molecule has 162 valence electrons. The van der Waals surface area contributed by atoms with Crippen LogP contribution in [-0.2, 0) is 6.42 Å². The molecule has 5 rings (SSSR count). The number of hydrogen-bond acceptors (Lipinski definition) is 5. The van der Waals surface area contributed by atoms with Gasteiger partial charge < -0.3 is 19.7 Å². The highest BCUT2D eigenvalue weighted by Gasteiger charge is 2.26. The SMILES string of the molecule is O=C(NCCC1COc2ccccc2O1)N1CCCC(Cc2nnc3ccccn23)C1. The predicted octanol–water partition coefficient (Wildman–Crippen LogP) is 2.92. The summed E-state index contributed by atoms with van der Waals surface area (Å²) in [6.45, 7) is 2.60. The number of nitrogens with one attached hydrogen (secondary N) is 1. The number of benzene rings is 1. The zero-order chi connectivity index (χ0) is 21.0. The highest BCUT2D eigenvalue weighted by Crippen LogP contribution is 2.31. The van der Waals surface area contributed by atoms with Crippen molar-refractivity contribution in [2.45, 2.75) is 31.8 Å². The van der Waals surface area contributed by atoms with Crippen LogP contribution in [0.25, 0.3) is 5.65 Å². The number of carbonyl (C=O) groups excluding carboxylic acids is 1. The van der Waals surface area contributed by atoms with Gasteiger partial charge in [0.15, 0.2) is 17.1 Å².